The van der Waals surface area contributed by atoms with Gasteiger partial charge in [-0.05, 0) is 135 Å². The van der Waals surface area contributed by atoms with Crippen molar-refractivity contribution in [1.82, 2.24) is 0 Å². The van der Waals surface area contributed by atoms with Crippen molar-refractivity contribution in [2.75, 3.05) is 12.5 Å². The molecule has 0 bridgehead atoms. The highest BCUT2D eigenvalue weighted by Gasteiger charge is 2.48. The minimum absolute atomic E-state index is 0.0130. The number of hydrogen-bond acceptors (Lipinski definition) is 13. The zero-order chi connectivity index (χ0) is 56.2. The molecule has 0 aliphatic rings. The van der Waals surface area contributed by atoms with E-state index in [0.717, 1.165) is 25.8 Å². The maximum atomic E-state index is 13.2. The second-order valence-electron chi connectivity index (χ2n) is 18.3. The van der Waals surface area contributed by atoms with Crippen molar-refractivity contribution in [3.8, 4) is 28.7 Å². The number of aromatic hydroxyl groups is 5. The minimum Gasteiger partial charge on any atom is -0.508 e. The lowest BCUT2D eigenvalue weighted by Crippen LogP contribution is -2.56. The molecule has 0 fully saturated rings. The fourth-order valence-electron chi connectivity index (χ4n) is 5.91. The van der Waals surface area contributed by atoms with Crippen molar-refractivity contribution < 1.29 is 76.8 Å². The largest absolute Gasteiger partial charge is 0.508 e. The summed E-state index contributed by atoms with van der Waals surface area (Å²) >= 11 is 5.70. The Morgan fingerprint density at radius 2 is 0.795 bits per heavy atom. The number of hydrogen-bond donors (Lipinski definition) is 13. The second-order valence-corrected chi connectivity index (χ2v) is 18.6. The maximum Gasteiger partial charge on any atom is 0.406 e. The molecule has 0 heterocycles. The standard InChI is InChI=1S/C11H14FNO3.C10H14ClNO.C10H12F3NO.C10H13F2NO.C10H13NO4/c1-7(12)11(13,10(15)16)6-8-2-4-9(14)5-3-8;1-10(12,7-11)6-8-2-4-9(13)5-3-8;1-9(14,10(11,12)13)6-7-2-4-8(15)5-3-7;1-10(13,9(11)12)6-7-2-4-8(14)5-3-7;11-10(6-12,9(14)15)5-7-1-3-8(13)4-2-7/h2-5,7,14H,6,13H2,1H3,(H,15,16);2-5,13H,6-7,12H2,1H3;2-5,15H,6,14H2,1H3;2-5,9,14H,6,13H2,1H3;1-4,12-13H,5-6,11H2,(H,14,15). The topological polar surface area (TPSA) is 326 Å². The van der Waals surface area contributed by atoms with E-state index in [4.69, 9.17) is 81.1 Å². The average molecular weight is 1060 g/mol. The van der Waals surface area contributed by atoms with Gasteiger partial charge in [0.1, 0.15) is 51.5 Å². The van der Waals surface area contributed by atoms with Crippen LogP contribution in [0.4, 0.5) is 26.3 Å². The predicted molar refractivity (Wildman–Crippen MR) is 266 cm³/mol. The Morgan fingerprint density at radius 1 is 0.507 bits per heavy atom. The van der Waals surface area contributed by atoms with E-state index < -0.39 is 59.5 Å². The van der Waals surface area contributed by atoms with Gasteiger partial charge >= 0.3 is 18.1 Å². The molecule has 404 valence electrons. The van der Waals surface area contributed by atoms with Crippen molar-refractivity contribution in [2.45, 2.75) is 106 Å². The highest BCUT2D eigenvalue weighted by atomic mass is 35.5. The lowest BCUT2D eigenvalue weighted by molar-refractivity contribution is -0.180. The van der Waals surface area contributed by atoms with E-state index >= 15 is 0 Å². The highest BCUT2D eigenvalue weighted by Crippen LogP contribution is 2.31. The molecule has 73 heavy (non-hydrogen) atoms. The summed E-state index contributed by atoms with van der Waals surface area (Å²) < 4.78 is 75.3. The number of carboxylic acid groups (broad SMARTS) is 2. The SMILES string of the molecule is CC(F)C(N)(Cc1ccc(O)cc1)C(=O)O.CC(N)(CCl)Cc1ccc(O)cc1.CC(N)(Cc1ccc(O)cc1)C(F)(F)F.CC(N)(Cc1ccc(O)cc1)C(F)F.NC(CO)(Cc1ccc(O)cc1)C(=O)O. The van der Waals surface area contributed by atoms with Gasteiger partial charge in [0.15, 0.2) is 0 Å². The number of carboxylic acids is 2. The molecule has 0 amide bonds. The molecule has 0 aliphatic heterocycles. The van der Waals surface area contributed by atoms with E-state index in [0.29, 0.717) is 28.1 Å². The zero-order valence-electron chi connectivity index (χ0n) is 40.6. The van der Waals surface area contributed by atoms with Gasteiger partial charge < -0.3 is 69.5 Å². The Kier molecular flexibility index (Phi) is 25.0. The molecule has 0 saturated carbocycles. The third-order valence-electron chi connectivity index (χ3n) is 10.7. The Balaban J connectivity index is 0.000000457. The van der Waals surface area contributed by atoms with Crippen LogP contribution in [0.25, 0.3) is 0 Å². The van der Waals surface area contributed by atoms with Gasteiger partial charge in [0.2, 0.25) is 0 Å². The number of aliphatic hydroxyl groups is 1. The van der Waals surface area contributed by atoms with Gasteiger partial charge in [-0.3, -0.25) is 9.59 Å². The first-order chi connectivity index (χ1) is 33.5. The first-order valence-electron chi connectivity index (χ1n) is 22.0. The molecule has 0 aromatic heterocycles. The molecule has 6 atom stereocenters. The molecule has 0 radical (unpaired) electrons. The molecular weight excluding hydrogens is 992 g/mol. The predicted octanol–water partition coefficient (Wildman–Crippen LogP) is 6.81. The van der Waals surface area contributed by atoms with E-state index in [1.54, 1.807) is 36.4 Å². The third-order valence-corrected chi connectivity index (χ3v) is 11.3. The summed E-state index contributed by atoms with van der Waals surface area (Å²) in [5.74, 6) is -1.64. The van der Waals surface area contributed by atoms with Crippen molar-refractivity contribution in [1.29, 1.82) is 0 Å². The fourth-order valence-corrected chi connectivity index (χ4v) is 6.01. The van der Waals surface area contributed by atoms with Crippen molar-refractivity contribution >= 4 is 23.5 Å². The van der Waals surface area contributed by atoms with Crippen molar-refractivity contribution in [2.24, 2.45) is 28.7 Å². The second kappa shape index (κ2) is 28.2. The number of nitrogens with two attached hydrogens (primary N) is 5. The van der Waals surface area contributed by atoms with Crippen molar-refractivity contribution in [3.05, 3.63) is 149 Å². The van der Waals surface area contributed by atoms with Gasteiger partial charge in [-0.15, -0.1) is 11.6 Å². The highest BCUT2D eigenvalue weighted by molar-refractivity contribution is 6.18. The molecule has 18 N–H and O–H groups in total. The number of aliphatic carboxylic acids is 2. The Hall–Kier alpha value is -6.33. The number of phenols is 5. The Bertz CT molecular complexity index is 2420. The summed E-state index contributed by atoms with van der Waals surface area (Å²) in [6.45, 7) is 4.65. The van der Waals surface area contributed by atoms with Crippen LogP contribution in [0.3, 0.4) is 0 Å². The molecule has 5 aromatic rings. The number of carbonyl (C=O) groups is 2. The van der Waals surface area contributed by atoms with Gasteiger partial charge in [-0.1, -0.05) is 60.7 Å². The number of benzene rings is 5. The zero-order valence-corrected chi connectivity index (χ0v) is 41.3. The number of halogens is 7. The molecule has 0 saturated heterocycles. The van der Waals surface area contributed by atoms with Gasteiger partial charge in [-0.25, -0.2) is 13.2 Å². The monoisotopic (exact) mass is 1060 g/mol. The van der Waals surface area contributed by atoms with Gasteiger partial charge in [-0.2, -0.15) is 13.2 Å². The molecule has 0 spiro atoms. The molecule has 15 nitrogen and oxygen atoms in total. The maximum absolute atomic E-state index is 13.2. The van der Waals surface area contributed by atoms with Gasteiger partial charge in [0, 0.05) is 24.3 Å². The van der Waals surface area contributed by atoms with Crippen LogP contribution in [-0.2, 0) is 41.7 Å². The summed E-state index contributed by atoms with van der Waals surface area (Å²) in [7, 11) is 0. The van der Waals surface area contributed by atoms with E-state index in [1.165, 1.54) is 79.7 Å². The van der Waals surface area contributed by atoms with Crippen LogP contribution < -0.4 is 28.7 Å². The van der Waals surface area contributed by atoms with E-state index in [1.807, 2.05) is 19.1 Å². The van der Waals surface area contributed by atoms with Crippen LogP contribution >= 0.6 is 11.6 Å². The number of aliphatic hydroxyl groups excluding tert-OH is 1. The lowest BCUT2D eigenvalue weighted by atomic mass is 9.88. The van der Waals surface area contributed by atoms with Crippen LogP contribution in [0.2, 0.25) is 0 Å². The molecule has 22 heteroatoms. The summed E-state index contributed by atoms with van der Waals surface area (Å²) in [4.78, 5) is 21.7. The number of rotatable bonds is 16. The molecular formula is C51H66ClF6N5O10. The molecule has 5 aromatic carbocycles. The molecule has 6 unspecified atom stereocenters. The number of phenolic OH excluding ortho intramolecular Hbond substituents is 5. The Morgan fingerprint density at radius 3 is 1.04 bits per heavy atom. The van der Waals surface area contributed by atoms with Crippen LogP contribution in [0, 0.1) is 0 Å². The molecule has 5 rings (SSSR count). The van der Waals surface area contributed by atoms with Gasteiger partial charge in [0.25, 0.3) is 6.43 Å². The van der Waals surface area contributed by atoms with Crippen molar-refractivity contribution in [3.63, 3.8) is 0 Å². The average Bonchev–Trinajstić information content (AvgIpc) is 3.30. The van der Waals surface area contributed by atoms with Gasteiger partial charge in [0.05, 0.1) is 12.1 Å². The smallest absolute Gasteiger partial charge is 0.406 e. The lowest BCUT2D eigenvalue weighted by Gasteiger charge is -2.27. The summed E-state index contributed by atoms with van der Waals surface area (Å²) in [6.07, 6.45) is -8.28. The first kappa shape index (κ1) is 64.7. The minimum atomic E-state index is -4.44. The first-order valence-corrected chi connectivity index (χ1v) is 22.5. The van der Waals surface area contributed by atoms with Crippen LogP contribution in [0.1, 0.15) is 55.5 Å². The van der Waals surface area contributed by atoms with E-state index in [9.17, 15) is 35.9 Å². The molecule has 0 aliphatic carbocycles. The summed E-state index contributed by atoms with van der Waals surface area (Å²) in [6, 6.07) is 30.5. The summed E-state index contributed by atoms with van der Waals surface area (Å²) in [5.41, 5.74) is 23.2. The summed E-state index contributed by atoms with van der Waals surface area (Å²) in [5, 5.41) is 71.7. The van der Waals surface area contributed by atoms with E-state index in [-0.39, 0.29) is 60.0 Å². The quantitative estimate of drug-likeness (QED) is 0.0357. The van der Waals surface area contributed by atoms with Crippen LogP contribution in [0.5, 0.6) is 28.7 Å². The van der Waals surface area contributed by atoms with Crippen LogP contribution in [-0.4, -0.2) is 112 Å². The number of alkyl halides is 7. The Labute approximate surface area is 424 Å². The third kappa shape index (κ3) is 23.0. The van der Waals surface area contributed by atoms with E-state index in [2.05, 4.69) is 0 Å². The fraction of sp³-hybridized carbons (Fsp3) is 0.373. The normalized spacial score (nSPS) is 15.6. The van der Waals surface area contributed by atoms with Crippen LogP contribution in [0.15, 0.2) is 121 Å².